The summed E-state index contributed by atoms with van der Waals surface area (Å²) in [4.78, 5) is 12.6. The Morgan fingerprint density at radius 2 is 1.77 bits per heavy atom. The number of hydrogen-bond acceptors (Lipinski definition) is 3. The van der Waals surface area contributed by atoms with E-state index in [1.807, 2.05) is 37.3 Å². The largest absolute Gasteiger partial charge is 0.481 e. The van der Waals surface area contributed by atoms with Gasteiger partial charge in [-0.1, -0.05) is 48.5 Å². The van der Waals surface area contributed by atoms with Gasteiger partial charge in [-0.3, -0.25) is 4.79 Å². The van der Waals surface area contributed by atoms with Crippen molar-refractivity contribution < 1.29 is 14.3 Å². The van der Waals surface area contributed by atoms with Crippen LogP contribution in [0.25, 0.3) is 0 Å². The average Bonchev–Trinajstić information content (AvgIpc) is 2.69. The molecular formula is C22H27NO3. The van der Waals surface area contributed by atoms with Gasteiger partial charge in [0.25, 0.3) is 5.91 Å². The Morgan fingerprint density at radius 3 is 2.46 bits per heavy atom. The van der Waals surface area contributed by atoms with Gasteiger partial charge in [0.15, 0.2) is 6.10 Å². The van der Waals surface area contributed by atoms with Gasteiger partial charge in [0, 0.05) is 25.2 Å². The predicted octanol–water partition coefficient (Wildman–Crippen LogP) is 3.63. The van der Waals surface area contributed by atoms with E-state index in [-0.39, 0.29) is 11.3 Å². The number of rotatable bonds is 6. The number of ether oxygens (including phenoxy) is 2. The van der Waals surface area contributed by atoms with Crippen LogP contribution in [0.15, 0.2) is 54.6 Å². The summed E-state index contributed by atoms with van der Waals surface area (Å²) >= 11 is 0. The van der Waals surface area contributed by atoms with Crippen LogP contribution in [0, 0.1) is 6.92 Å². The van der Waals surface area contributed by atoms with Crippen LogP contribution in [0.2, 0.25) is 0 Å². The van der Waals surface area contributed by atoms with Crippen LogP contribution < -0.4 is 10.1 Å². The van der Waals surface area contributed by atoms with E-state index in [4.69, 9.17) is 9.47 Å². The molecular weight excluding hydrogens is 326 g/mol. The fourth-order valence-corrected chi connectivity index (χ4v) is 3.45. The van der Waals surface area contributed by atoms with Crippen LogP contribution in [-0.4, -0.2) is 31.8 Å². The zero-order chi connectivity index (χ0) is 18.4. The molecule has 0 radical (unpaired) electrons. The van der Waals surface area contributed by atoms with Gasteiger partial charge in [0.05, 0.1) is 0 Å². The van der Waals surface area contributed by atoms with E-state index in [0.29, 0.717) is 6.54 Å². The van der Waals surface area contributed by atoms with E-state index in [1.165, 1.54) is 5.56 Å². The second kappa shape index (κ2) is 8.37. The van der Waals surface area contributed by atoms with Gasteiger partial charge in [0.1, 0.15) is 5.75 Å². The Bertz CT molecular complexity index is 723. The smallest absolute Gasteiger partial charge is 0.260 e. The third-order valence-electron chi connectivity index (χ3n) is 5.20. The quantitative estimate of drug-likeness (QED) is 0.863. The first kappa shape index (κ1) is 18.5. The normalized spacial score (nSPS) is 17.3. The third-order valence-corrected chi connectivity index (χ3v) is 5.20. The Morgan fingerprint density at radius 1 is 1.12 bits per heavy atom. The Labute approximate surface area is 155 Å². The summed E-state index contributed by atoms with van der Waals surface area (Å²) in [5, 5.41) is 3.11. The van der Waals surface area contributed by atoms with E-state index in [2.05, 4.69) is 29.6 Å². The molecule has 4 heteroatoms. The first-order chi connectivity index (χ1) is 12.6. The van der Waals surface area contributed by atoms with Gasteiger partial charge < -0.3 is 14.8 Å². The molecule has 0 bridgehead atoms. The highest BCUT2D eigenvalue weighted by atomic mass is 16.5. The summed E-state index contributed by atoms with van der Waals surface area (Å²) < 4.78 is 11.4. The van der Waals surface area contributed by atoms with Crippen LogP contribution in [0.5, 0.6) is 5.75 Å². The zero-order valence-corrected chi connectivity index (χ0v) is 15.5. The fraction of sp³-hybridized carbons (Fsp3) is 0.409. The van der Waals surface area contributed by atoms with Crippen molar-refractivity contribution >= 4 is 5.91 Å². The molecule has 1 aliphatic heterocycles. The predicted molar refractivity (Wildman–Crippen MR) is 102 cm³/mol. The van der Waals surface area contributed by atoms with Crippen LogP contribution in [0.1, 0.15) is 30.9 Å². The van der Waals surface area contributed by atoms with E-state index in [0.717, 1.165) is 37.4 Å². The van der Waals surface area contributed by atoms with Gasteiger partial charge in [-0.15, -0.1) is 0 Å². The lowest BCUT2D eigenvalue weighted by atomic mass is 9.74. The monoisotopic (exact) mass is 353 g/mol. The maximum absolute atomic E-state index is 12.6. The Hall–Kier alpha value is -2.33. The molecule has 2 aromatic rings. The summed E-state index contributed by atoms with van der Waals surface area (Å²) in [6.07, 6.45) is 1.28. The molecule has 0 saturated carbocycles. The third kappa shape index (κ3) is 4.25. The molecule has 1 unspecified atom stereocenters. The molecule has 1 atom stereocenters. The maximum atomic E-state index is 12.6. The molecule has 1 saturated heterocycles. The summed E-state index contributed by atoms with van der Waals surface area (Å²) in [5.74, 6) is 0.661. The van der Waals surface area contributed by atoms with Gasteiger partial charge in [-0.05, 0) is 43.9 Å². The molecule has 0 spiro atoms. The van der Waals surface area contributed by atoms with Crippen LogP contribution in [0.3, 0.4) is 0 Å². The van der Waals surface area contributed by atoms with Crippen molar-refractivity contribution in [1.82, 2.24) is 5.32 Å². The van der Waals surface area contributed by atoms with Gasteiger partial charge >= 0.3 is 0 Å². The van der Waals surface area contributed by atoms with Gasteiger partial charge in [0.2, 0.25) is 0 Å². The summed E-state index contributed by atoms with van der Waals surface area (Å²) in [7, 11) is 0. The minimum absolute atomic E-state index is 0.0719. The highest BCUT2D eigenvalue weighted by molar-refractivity contribution is 5.80. The molecule has 0 aliphatic carbocycles. The molecule has 1 N–H and O–H groups in total. The van der Waals surface area contributed by atoms with Crippen molar-refractivity contribution in [2.45, 2.75) is 38.2 Å². The number of benzene rings is 2. The minimum Gasteiger partial charge on any atom is -0.481 e. The lowest BCUT2D eigenvalue weighted by Gasteiger charge is -2.38. The SMILES string of the molecule is Cc1ccccc1OC(C)C(=O)NCC1(c2ccccc2)CCOCC1. The second-order valence-corrected chi connectivity index (χ2v) is 7.00. The standard InChI is InChI=1S/C22H27NO3/c1-17-8-6-7-11-20(17)26-18(2)21(24)23-16-22(12-14-25-15-13-22)19-9-4-3-5-10-19/h3-11,18H,12-16H2,1-2H3,(H,23,24). The van der Waals surface area contributed by atoms with Crippen molar-refractivity contribution in [3.63, 3.8) is 0 Å². The molecule has 4 nitrogen and oxygen atoms in total. The molecule has 138 valence electrons. The first-order valence-electron chi connectivity index (χ1n) is 9.24. The molecule has 1 fully saturated rings. The molecule has 1 heterocycles. The number of amides is 1. The second-order valence-electron chi connectivity index (χ2n) is 7.00. The summed E-state index contributed by atoms with van der Waals surface area (Å²) in [6, 6.07) is 18.2. The van der Waals surface area contributed by atoms with Gasteiger partial charge in [-0.25, -0.2) is 0 Å². The molecule has 1 aliphatic rings. The highest BCUT2D eigenvalue weighted by Gasteiger charge is 2.35. The van der Waals surface area contributed by atoms with E-state index in [9.17, 15) is 4.79 Å². The summed E-state index contributed by atoms with van der Waals surface area (Å²) in [6.45, 7) is 5.81. The van der Waals surface area contributed by atoms with Crippen molar-refractivity contribution in [2.24, 2.45) is 0 Å². The van der Waals surface area contributed by atoms with Crippen LogP contribution >= 0.6 is 0 Å². The number of carbonyl (C=O) groups excluding carboxylic acids is 1. The van der Waals surface area contributed by atoms with E-state index in [1.54, 1.807) is 6.92 Å². The van der Waals surface area contributed by atoms with E-state index >= 15 is 0 Å². The Balaban J connectivity index is 1.65. The minimum atomic E-state index is -0.538. The topological polar surface area (TPSA) is 47.6 Å². The highest BCUT2D eigenvalue weighted by Crippen LogP contribution is 2.34. The number of aryl methyl sites for hydroxylation is 1. The maximum Gasteiger partial charge on any atom is 0.260 e. The van der Waals surface area contributed by atoms with Crippen LogP contribution in [-0.2, 0) is 14.9 Å². The molecule has 1 amide bonds. The lowest BCUT2D eigenvalue weighted by Crippen LogP contribution is -2.47. The Kier molecular flexibility index (Phi) is 5.94. The fourth-order valence-electron chi connectivity index (χ4n) is 3.45. The van der Waals surface area contributed by atoms with E-state index < -0.39 is 6.10 Å². The van der Waals surface area contributed by atoms with Crippen molar-refractivity contribution in [2.75, 3.05) is 19.8 Å². The van der Waals surface area contributed by atoms with Crippen molar-refractivity contribution in [3.05, 3.63) is 65.7 Å². The molecule has 0 aromatic heterocycles. The van der Waals surface area contributed by atoms with Gasteiger partial charge in [-0.2, -0.15) is 0 Å². The lowest BCUT2D eigenvalue weighted by molar-refractivity contribution is -0.127. The number of nitrogens with one attached hydrogen (secondary N) is 1. The molecule has 3 rings (SSSR count). The first-order valence-corrected chi connectivity index (χ1v) is 9.24. The summed E-state index contributed by atoms with van der Waals surface area (Å²) in [5.41, 5.74) is 2.21. The molecule has 26 heavy (non-hydrogen) atoms. The van der Waals surface area contributed by atoms with Crippen molar-refractivity contribution in [1.29, 1.82) is 0 Å². The zero-order valence-electron chi connectivity index (χ0n) is 15.5. The average molecular weight is 353 g/mol. The number of hydrogen-bond donors (Lipinski definition) is 1. The number of carbonyl (C=O) groups is 1. The van der Waals surface area contributed by atoms with Crippen LogP contribution in [0.4, 0.5) is 0 Å². The molecule has 2 aromatic carbocycles. The van der Waals surface area contributed by atoms with Crippen molar-refractivity contribution in [3.8, 4) is 5.75 Å². The number of para-hydroxylation sites is 1.